The van der Waals surface area contributed by atoms with Gasteiger partial charge in [-0.1, -0.05) is 48.5 Å². The number of nitrogens with zero attached hydrogens (tertiary/aromatic N) is 1. The summed E-state index contributed by atoms with van der Waals surface area (Å²) in [5.41, 5.74) is 2.26. The van der Waals surface area contributed by atoms with Crippen molar-refractivity contribution in [3.63, 3.8) is 0 Å². The van der Waals surface area contributed by atoms with Crippen molar-refractivity contribution in [3.05, 3.63) is 71.6 Å². The molecule has 1 N–H and O–H groups in total. The third-order valence-corrected chi connectivity index (χ3v) is 5.20. The summed E-state index contributed by atoms with van der Waals surface area (Å²) >= 11 is 1.38. The Kier molecular flexibility index (Phi) is 4.95. The number of amides is 1. The van der Waals surface area contributed by atoms with Crippen molar-refractivity contribution < 1.29 is 14.3 Å². The Hall–Kier alpha value is -3.38. The van der Waals surface area contributed by atoms with Gasteiger partial charge in [0.05, 0.1) is 25.5 Å². The first kappa shape index (κ1) is 18.0. The Morgan fingerprint density at radius 2 is 1.75 bits per heavy atom. The highest BCUT2D eigenvalue weighted by molar-refractivity contribution is 7.14. The molecule has 4 rings (SSSR count). The van der Waals surface area contributed by atoms with Crippen LogP contribution in [0.3, 0.4) is 0 Å². The molecule has 0 saturated carbocycles. The molecule has 0 saturated heterocycles. The molecule has 0 spiro atoms. The van der Waals surface area contributed by atoms with Crippen molar-refractivity contribution in [3.8, 4) is 22.8 Å². The second-order valence-corrected chi connectivity index (χ2v) is 6.92. The minimum Gasteiger partial charge on any atom is -0.493 e. The predicted molar refractivity (Wildman–Crippen MR) is 113 cm³/mol. The van der Waals surface area contributed by atoms with Crippen molar-refractivity contribution >= 4 is 33.1 Å². The molecule has 0 fully saturated rings. The summed E-state index contributed by atoms with van der Waals surface area (Å²) in [5.74, 6) is 0.605. The van der Waals surface area contributed by atoms with Crippen LogP contribution in [0.4, 0.5) is 5.13 Å². The zero-order valence-corrected chi connectivity index (χ0v) is 16.2. The molecular weight excluding hydrogens is 372 g/mol. The highest BCUT2D eigenvalue weighted by atomic mass is 32.1. The topological polar surface area (TPSA) is 60.5 Å². The Morgan fingerprint density at radius 1 is 0.964 bits per heavy atom. The van der Waals surface area contributed by atoms with E-state index in [0.29, 0.717) is 22.2 Å². The van der Waals surface area contributed by atoms with Gasteiger partial charge in [-0.05, 0) is 22.9 Å². The lowest BCUT2D eigenvalue weighted by atomic mass is 10.0. The molecule has 1 aromatic heterocycles. The summed E-state index contributed by atoms with van der Waals surface area (Å²) in [6, 6.07) is 19.5. The van der Waals surface area contributed by atoms with Crippen LogP contribution >= 0.6 is 11.3 Å². The Morgan fingerprint density at radius 3 is 2.57 bits per heavy atom. The van der Waals surface area contributed by atoms with E-state index in [9.17, 15) is 4.79 Å². The van der Waals surface area contributed by atoms with Crippen LogP contribution in [0.1, 0.15) is 10.4 Å². The molecule has 5 nitrogen and oxygen atoms in total. The molecule has 140 valence electrons. The monoisotopic (exact) mass is 390 g/mol. The number of benzene rings is 3. The van der Waals surface area contributed by atoms with Gasteiger partial charge in [0.1, 0.15) is 0 Å². The second kappa shape index (κ2) is 7.70. The number of rotatable bonds is 5. The van der Waals surface area contributed by atoms with Gasteiger partial charge in [-0.15, -0.1) is 11.3 Å². The van der Waals surface area contributed by atoms with E-state index in [1.165, 1.54) is 25.6 Å². The fraction of sp³-hybridized carbons (Fsp3) is 0.0909. The summed E-state index contributed by atoms with van der Waals surface area (Å²) in [6.07, 6.45) is 0. The first-order chi connectivity index (χ1) is 13.7. The van der Waals surface area contributed by atoms with Crippen molar-refractivity contribution in [2.75, 3.05) is 19.5 Å². The average Bonchev–Trinajstić information content (AvgIpc) is 3.20. The smallest absolute Gasteiger partial charge is 0.261 e. The van der Waals surface area contributed by atoms with E-state index in [1.807, 2.05) is 29.6 Å². The van der Waals surface area contributed by atoms with Gasteiger partial charge in [0.25, 0.3) is 5.91 Å². The normalized spacial score (nSPS) is 10.6. The van der Waals surface area contributed by atoms with Gasteiger partial charge in [0.15, 0.2) is 16.6 Å². The van der Waals surface area contributed by atoms with Crippen molar-refractivity contribution in [2.45, 2.75) is 0 Å². The number of hydrogen-bond acceptors (Lipinski definition) is 5. The molecule has 0 bridgehead atoms. The third-order valence-electron chi connectivity index (χ3n) is 4.44. The van der Waals surface area contributed by atoms with Crippen molar-refractivity contribution in [1.29, 1.82) is 0 Å². The van der Waals surface area contributed by atoms with Gasteiger partial charge in [-0.3, -0.25) is 10.1 Å². The summed E-state index contributed by atoms with van der Waals surface area (Å²) in [6.45, 7) is 0. The van der Waals surface area contributed by atoms with E-state index in [2.05, 4.69) is 28.5 Å². The average molecular weight is 390 g/mol. The highest BCUT2D eigenvalue weighted by Gasteiger charge is 2.18. The number of thiazole rings is 1. The summed E-state index contributed by atoms with van der Waals surface area (Å²) in [4.78, 5) is 17.3. The van der Waals surface area contributed by atoms with Gasteiger partial charge < -0.3 is 9.47 Å². The van der Waals surface area contributed by atoms with E-state index in [0.717, 1.165) is 22.0 Å². The van der Waals surface area contributed by atoms with E-state index < -0.39 is 0 Å². The second-order valence-electron chi connectivity index (χ2n) is 6.06. The van der Waals surface area contributed by atoms with Crippen LogP contribution in [-0.2, 0) is 0 Å². The van der Waals surface area contributed by atoms with Gasteiger partial charge in [0, 0.05) is 10.9 Å². The first-order valence-electron chi connectivity index (χ1n) is 8.67. The van der Waals surface area contributed by atoms with Crippen molar-refractivity contribution in [1.82, 2.24) is 4.98 Å². The molecular formula is C22H18N2O3S. The molecule has 3 aromatic carbocycles. The molecule has 0 atom stereocenters. The fourth-order valence-electron chi connectivity index (χ4n) is 3.13. The van der Waals surface area contributed by atoms with E-state index >= 15 is 0 Å². The van der Waals surface area contributed by atoms with Gasteiger partial charge in [-0.25, -0.2) is 4.98 Å². The van der Waals surface area contributed by atoms with Crippen LogP contribution in [0.2, 0.25) is 0 Å². The molecule has 6 heteroatoms. The molecule has 4 aromatic rings. The Bertz CT molecular complexity index is 1150. The Labute approximate surface area is 166 Å². The minimum atomic E-state index is -0.297. The third kappa shape index (κ3) is 3.30. The summed E-state index contributed by atoms with van der Waals surface area (Å²) < 4.78 is 10.6. The number of methoxy groups -OCH3 is 2. The zero-order chi connectivity index (χ0) is 19.5. The summed E-state index contributed by atoms with van der Waals surface area (Å²) in [5, 5.41) is 7.61. The van der Waals surface area contributed by atoms with E-state index in [-0.39, 0.29) is 5.91 Å². The van der Waals surface area contributed by atoms with Gasteiger partial charge in [0.2, 0.25) is 0 Å². The van der Waals surface area contributed by atoms with Crippen LogP contribution in [0.5, 0.6) is 11.5 Å². The van der Waals surface area contributed by atoms with Crippen molar-refractivity contribution in [2.24, 2.45) is 0 Å². The summed E-state index contributed by atoms with van der Waals surface area (Å²) in [7, 11) is 3.05. The number of hydrogen-bond donors (Lipinski definition) is 1. The number of para-hydroxylation sites is 1. The van der Waals surface area contributed by atoms with Crippen LogP contribution in [-0.4, -0.2) is 25.1 Å². The number of anilines is 1. The zero-order valence-electron chi connectivity index (χ0n) is 15.4. The van der Waals surface area contributed by atoms with Gasteiger partial charge >= 0.3 is 0 Å². The molecule has 0 aliphatic rings. The molecule has 0 unspecified atom stereocenters. The van der Waals surface area contributed by atoms with Crippen LogP contribution < -0.4 is 14.8 Å². The maximum absolute atomic E-state index is 12.7. The predicted octanol–water partition coefficient (Wildman–Crippen LogP) is 5.23. The quantitative estimate of drug-likeness (QED) is 0.507. The molecule has 1 amide bonds. The number of carbonyl (C=O) groups excluding carboxylic acids is 1. The fourth-order valence-corrected chi connectivity index (χ4v) is 3.84. The maximum atomic E-state index is 12.7. The SMILES string of the molecule is COc1cccc(C(=O)Nc2nc(-c3cccc4ccccc34)cs2)c1OC. The van der Waals surface area contributed by atoms with Crippen LogP contribution in [0, 0.1) is 0 Å². The largest absolute Gasteiger partial charge is 0.493 e. The molecule has 0 radical (unpaired) electrons. The molecule has 1 heterocycles. The number of ether oxygens (including phenoxy) is 2. The number of nitrogens with one attached hydrogen (secondary N) is 1. The van der Waals surface area contributed by atoms with Crippen LogP contribution in [0.15, 0.2) is 66.0 Å². The lowest BCUT2D eigenvalue weighted by Gasteiger charge is -2.11. The molecule has 0 aliphatic heterocycles. The molecule has 0 aliphatic carbocycles. The number of carbonyl (C=O) groups is 1. The van der Waals surface area contributed by atoms with Gasteiger partial charge in [-0.2, -0.15) is 0 Å². The lowest BCUT2D eigenvalue weighted by molar-refractivity contribution is 0.102. The Balaban J connectivity index is 1.63. The van der Waals surface area contributed by atoms with E-state index in [1.54, 1.807) is 18.2 Å². The first-order valence-corrected chi connectivity index (χ1v) is 9.55. The van der Waals surface area contributed by atoms with Crippen LogP contribution in [0.25, 0.3) is 22.0 Å². The minimum absolute atomic E-state index is 0.297. The van der Waals surface area contributed by atoms with E-state index in [4.69, 9.17) is 9.47 Å². The number of aromatic nitrogens is 1. The molecule has 28 heavy (non-hydrogen) atoms. The lowest BCUT2D eigenvalue weighted by Crippen LogP contribution is -2.13. The maximum Gasteiger partial charge on any atom is 0.261 e. The number of fused-ring (bicyclic) bond motifs is 1. The highest BCUT2D eigenvalue weighted by Crippen LogP contribution is 2.33. The standard InChI is InChI=1S/C22H18N2O3S/c1-26-19-12-6-11-17(20(19)27-2)21(25)24-22-23-18(13-28-22)16-10-5-8-14-7-3-4-9-15(14)16/h3-13H,1-2H3,(H,23,24,25).